The smallest absolute Gasteiger partial charge is 0.240 e. The highest BCUT2D eigenvalue weighted by Crippen LogP contribution is 2.53. The summed E-state index contributed by atoms with van der Waals surface area (Å²) in [5, 5.41) is 0. The van der Waals surface area contributed by atoms with Crippen molar-refractivity contribution >= 4 is 29.4 Å². The Labute approximate surface area is 184 Å². The van der Waals surface area contributed by atoms with E-state index in [1.165, 1.54) is 11.2 Å². The molecular weight excluding hydrogens is 404 g/mol. The summed E-state index contributed by atoms with van der Waals surface area (Å²) in [6, 6.07) is 17.2. The lowest BCUT2D eigenvalue weighted by atomic mass is 9.84. The standard InChI is InChI=1S/C26H20N2O4/c1-15-8-10-17(11-9-15)28-25(30)20-21(26(28)31)23(24(29)19-7-4-14-32-19)27-13-12-16-5-2-3-6-18(16)22(20)27/h2-14,20-23H,1H3/t20-,21+,22?,23-/m0/s1. The Hall–Kier alpha value is -3.93. The first-order valence-corrected chi connectivity index (χ1v) is 10.6. The zero-order valence-electron chi connectivity index (χ0n) is 17.3. The van der Waals surface area contributed by atoms with Gasteiger partial charge in [-0.1, -0.05) is 42.0 Å². The zero-order valence-corrected chi connectivity index (χ0v) is 17.3. The van der Waals surface area contributed by atoms with E-state index >= 15 is 0 Å². The minimum Gasteiger partial charge on any atom is -0.461 e. The van der Waals surface area contributed by atoms with Gasteiger partial charge in [0, 0.05) is 6.20 Å². The number of furan rings is 1. The highest BCUT2D eigenvalue weighted by molar-refractivity contribution is 6.24. The van der Waals surface area contributed by atoms with Crippen LogP contribution >= 0.6 is 0 Å². The van der Waals surface area contributed by atoms with E-state index in [2.05, 4.69) is 0 Å². The van der Waals surface area contributed by atoms with Crippen LogP contribution in [0.5, 0.6) is 0 Å². The van der Waals surface area contributed by atoms with Crippen molar-refractivity contribution in [1.29, 1.82) is 0 Å². The van der Waals surface area contributed by atoms with Crippen LogP contribution in [0.4, 0.5) is 5.69 Å². The van der Waals surface area contributed by atoms with Crippen molar-refractivity contribution in [3.05, 3.63) is 95.6 Å². The average Bonchev–Trinajstić information content (AvgIpc) is 3.51. The van der Waals surface area contributed by atoms with Gasteiger partial charge in [0.15, 0.2) is 5.76 Å². The van der Waals surface area contributed by atoms with Crippen LogP contribution in [0.15, 0.2) is 77.5 Å². The third kappa shape index (κ3) is 2.49. The zero-order chi connectivity index (χ0) is 22.0. The number of fused-ring (bicyclic) bond motifs is 5. The van der Waals surface area contributed by atoms with E-state index in [0.29, 0.717) is 5.69 Å². The van der Waals surface area contributed by atoms with Gasteiger partial charge in [0.2, 0.25) is 17.6 Å². The Kier molecular flexibility index (Phi) is 3.99. The van der Waals surface area contributed by atoms with Crippen molar-refractivity contribution in [1.82, 2.24) is 4.90 Å². The lowest BCUT2D eigenvalue weighted by Gasteiger charge is -2.35. The molecule has 1 unspecified atom stereocenters. The predicted molar refractivity (Wildman–Crippen MR) is 118 cm³/mol. The number of imide groups is 1. The fourth-order valence-corrected chi connectivity index (χ4v) is 5.37. The molecule has 0 saturated carbocycles. The number of rotatable bonds is 3. The fourth-order valence-electron chi connectivity index (χ4n) is 5.37. The van der Waals surface area contributed by atoms with E-state index in [1.54, 1.807) is 24.3 Å². The molecule has 3 aliphatic rings. The van der Waals surface area contributed by atoms with Gasteiger partial charge in [-0.25, -0.2) is 4.90 Å². The molecule has 3 aliphatic heterocycles. The molecule has 0 spiro atoms. The summed E-state index contributed by atoms with van der Waals surface area (Å²) in [5.41, 5.74) is 3.52. The molecule has 2 fully saturated rings. The molecule has 4 atom stereocenters. The van der Waals surface area contributed by atoms with E-state index < -0.39 is 23.9 Å². The number of hydrogen-bond donors (Lipinski definition) is 0. The summed E-state index contributed by atoms with van der Waals surface area (Å²) < 4.78 is 5.38. The maximum Gasteiger partial charge on any atom is 0.240 e. The van der Waals surface area contributed by atoms with Crippen LogP contribution in [-0.2, 0) is 9.59 Å². The third-order valence-corrected chi connectivity index (χ3v) is 6.79. The molecule has 2 saturated heterocycles. The Morgan fingerprint density at radius 1 is 0.906 bits per heavy atom. The second-order valence-corrected chi connectivity index (χ2v) is 8.52. The summed E-state index contributed by atoms with van der Waals surface area (Å²) in [7, 11) is 0. The van der Waals surface area contributed by atoms with Crippen LogP contribution in [-0.4, -0.2) is 28.5 Å². The van der Waals surface area contributed by atoms with Gasteiger partial charge in [-0.05, 0) is 48.4 Å². The van der Waals surface area contributed by atoms with E-state index in [4.69, 9.17) is 4.42 Å². The van der Waals surface area contributed by atoms with E-state index in [0.717, 1.165) is 16.7 Å². The molecular formula is C26H20N2O4. The Balaban J connectivity index is 1.50. The van der Waals surface area contributed by atoms with Crippen LogP contribution in [0.2, 0.25) is 0 Å². The summed E-state index contributed by atoms with van der Waals surface area (Å²) in [6.45, 7) is 1.95. The lowest BCUT2D eigenvalue weighted by molar-refractivity contribution is -0.123. The number of aryl methyl sites for hydroxylation is 1. The lowest BCUT2D eigenvalue weighted by Crippen LogP contribution is -2.44. The molecule has 2 aromatic carbocycles. The number of Topliss-reactive ketones (excluding diaryl/α,β-unsaturated/α-hetero) is 1. The van der Waals surface area contributed by atoms with E-state index in [-0.39, 0.29) is 23.4 Å². The van der Waals surface area contributed by atoms with Crippen molar-refractivity contribution in [3.63, 3.8) is 0 Å². The van der Waals surface area contributed by atoms with Crippen LogP contribution in [0.3, 0.4) is 0 Å². The minimum absolute atomic E-state index is 0.190. The molecule has 4 heterocycles. The average molecular weight is 424 g/mol. The quantitative estimate of drug-likeness (QED) is 0.470. The molecule has 0 bridgehead atoms. The maximum atomic E-state index is 13.7. The van der Waals surface area contributed by atoms with Crippen molar-refractivity contribution in [3.8, 4) is 0 Å². The molecule has 6 heteroatoms. The number of anilines is 1. The first-order chi connectivity index (χ1) is 15.6. The van der Waals surface area contributed by atoms with Crippen molar-refractivity contribution in [2.24, 2.45) is 11.8 Å². The Morgan fingerprint density at radius 3 is 2.41 bits per heavy atom. The maximum absolute atomic E-state index is 13.7. The predicted octanol–water partition coefficient (Wildman–Crippen LogP) is 3.99. The van der Waals surface area contributed by atoms with E-state index in [9.17, 15) is 14.4 Å². The number of ketones is 1. The highest BCUT2D eigenvalue weighted by Gasteiger charge is 2.64. The molecule has 158 valence electrons. The second kappa shape index (κ2) is 6.79. The third-order valence-electron chi connectivity index (χ3n) is 6.79. The van der Waals surface area contributed by atoms with Gasteiger partial charge in [0.25, 0.3) is 0 Å². The highest BCUT2D eigenvalue weighted by atomic mass is 16.3. The number of nitrogens with zero attached hydrogens (tertiary/aromatic N) is 2. The largest absolute Gasteiger partial charge is 0.461 e. The van der Waals surface area contributed by atoms with Gasteiger partial charge in [-0.2, -0.15) is 0 Å². The van der Waals surface area contributed by atoms with E-state index in [1.807, 2.05) is 60.5 Å². The topological polar surface area (TPSA) is 70.8 Å². The second-order valence-electron chi connectivity index (χ2n) is 8.52. The van der Waals surface area contributed by atoms with Gasteiger partial charge >= 0.3 is 0 Å². The minimum atomic E-state index is -0.812. The number of amides is 2. The van der Waals surface area contributed by atoms with Gasteiger partial charge in [-0.15, -0.1) is 0 Å². The fraction of sp³-hybridized carbons (Fsp3) is 0.192. The summed E-state index contributed by atoms with van der Waals surface area (Å²) >= 11 is 0. The van der Waals surface area contributed by atoms with Crippen LogP contribution in [0, 0.1) is 18.8 Å². The van der Waals surface area contributed by atoms with Gasteiger partial charge in [0.1, 0.15) is 6.04 Å². The van der Waals surface area contributed by atoms with Crippen LogP contribution < -0.4 is 4.90 Å². The molecule has 6 nitrogen and oxygen atoms in total. The van der Waals surface area contributed by atoms with Crippen molar-refractivity contribution in [2.75, 3.05) is 4.90 Å². The molecule has 0 radical (unpaired) electrons. The van der Waals surface area contributed by atoms with Gasteiger partial charge in [0.05, 0.1) is 29.8 Å². The molecule has 3 aromatic rings. The summed E-state index contributed by atoms with van der Waals surface area (Å²) in [4.78, 5) is 44.1. The first kappa shape index (κ1) is 18.8. The normalized spacial score (nSPS) is 25.7. The molecule has 1 aromatic heterocycles. The number of carbonyl (C=O) groups excluding carboxylic acids is 3. The van der Waals surface area contributed by atoms with Crippen molar-refractivity contribution < 1.29 is 18.8 Å². The number of carbonyl (C=O) groups is 3. The van der Waals surface area contributed by atoms with Gasteiger partial charge in [-0.3, -0.25) is 14.4 Å². The number of benzene rings is 2. The summed E-state index contributed by atoms with van der Waals surface area (Å²) in [6.07, 6.45) is 5.22. The van der Waals surface area contributed by atoms with Crippen molar-refractivity contribution in [2.45, 2.75) is 19.0 Å². The SMILES string of the molecule is Cc1ccc(N2C(=O)[C@@H]3[C@H](C2=O)C2c4ccccc4C=CN2[C@@H]3C(=O)c2ccco2)cc1. The summed E-state index contributed by atoms with van der Waals surface area (Å²) in [5.74, 6) is -2.15. The van der Waals surface area contributed by atoms with Crippen LogP contribution in [0.25, 0.3) is 6.08 Å². The Morgan fingerprint density at radius 2 is 1.66 bits per heavy atom. The molecule has 32 heavy (non-hydrogen) atoms. The molecule has 2 amide bonds. The van der Waals surface area contributed by atoms with Crippen LogP contribution in [0.1, 0.15) is 33.3 Å². The number of hydrogen-bond acceptors (Lipinski definition) is 5. The first-order valence-electron chi connectivity index (χ1n) is 10.6. The molecule has 6 rings (SSSR count). The molecule has 0 aliphatic carbocycles. The monoisotopic (exact) mass is 424 g/mol. The Bertz CT molecular complexity index is 1280. The van der Waals surface area contributed by atoms with Gasteiger partial charge < -0.3 is 9.32 Å². The molecule has 0 N–H and O–H groups in total.